The minimum absolute atomic E-state index is 0. The van der Waals surface area contributed by atoms with E-state index in [1.807, 2.05) is 29.2 Å². The van der Waals surface area contributed by atoms with Crippen molar-refractivity contribution in [2.45, 2.75) is 45.2 Å². The molecule has 6 heteroatoms. The summed E-state index contributed by atoms with van der Waals surface area (Å²) >= 11 is 0. The van der Waals surface area contributed by atoms with Crippen LogP contribution in [0.15, 0.2) is 24.3 Å². The lowest BCUT2D eigenvalue weighted by atomic mass is 9.95. The summed E-state index contributed by atoms with van der Waals surface area (Å²) in [5.74, 6) is 0.727. The van der Waals surface area contributed by atoms with Gasteiger partial charge in [-0.3, -0.25) is 9.59 Å². The number of likely N-dealkylation sites (tertiary alicyclic amines) is 1. The molecule has 2 fully saturated rings. The van der Waals surface area contributed by atoms with Gasteiger partial charge in [0.15, 0.2) is 0 Å². The van der Waals surface area contributed by atoms with Crippen molar-refractivity contribution in [2.75, 3.05) is 13.1 Å². The highest BCUT2D eigenvalue weighted by molar-refractivity contribution is 5.85. The molecule has 5 nitrogen and oxygen atoms in total. The zero-order valence-electron chi connectivity index (χ0n) is 14.6. The first kappa shape index (κ1) is 19.7. The lowest BCUT2D eigenvalue weighted by Gasteiger charge is -2.20. The molecule has 0 bridgehead atoms. The highest BCUT2D eigenvalue weighted by atomic mass is 35.5. The summed E-state index contributed by atoms with van der Waals surface area (Å²) < 4.78 is 0. The smallest absolute Gasteiger partial charge is 0.223 e. The number of rotatable bonds is 6. The van der Waals surface area contributed by atoms with Gasteiger partial charge < -0.3 is 16.0 Å². The minimum atomic E-state index is 0. The molecule has 2 aliphatic rings. The minimum Gasteiger partial charge on any atom is -0.352 e. The van der Waals surface area contributed by atoms with Crippen LogP contribution in [0.25, 0.3) is 0 Å². The Bertz CT molecular complexity index is 608. The van der Waals surface area contributed by atoms with E-state index in [9.17, 15) is 9.59 Å². The van der Waals surface area contributed by atoms with Crippen LogP contribution < -0.4 is 11.1 Å². The maximum atomic E-state index is 12.5. The normalized spacial score (nSPS) is 22.8. The first-order chi connectivity index (χ1) is 11.7. The lowest BCUT2D eigenvalue weighted by Crippen LogP contribution is -2.35. The molecule has 0 unspecified atom stereocenters. The molecule has 2 amide bonds. The van der Waals surface area contributed by atoms with Crippen molar-refractivity contribution >= 4 is 24.2 Å². The van der Waals surface area contributed by atoms with E-state index in [1.165, 1.54) is 0 Å². The molecule has 3 N–H and O–H groups in total. The summed E-state index contributed by atoms with van der Waals surface area (Å²) in [7, 11) is 0. The Hall–Kier alpha value is -1.59. The number of nitrogens with one attached hydrogen (secondary N) is 1. The van der Waals surface area contributed by atoms with Gasteiger partial charge in [0.25, 0.3) is 0 Å². The van der Waals surface area contributed by atoms with E-state index >= 15 is 0 Å². The largest absolute Gasteiger partial charge is 0.352 e. The Labute approximate surface area is 155 Å². The van der Waals surface area contributed by atoms with Crippen LogP contribution in [0.5, 0.6) is 0 Å². The number of hydrogen-bond acceptors (Lipinski definition) is 3. The summed E-state index contributed by atoms with van der Waals surface area (Å²) in [6.07, 6.45) is 4.69. The SMILES string of the molecule is Cl.NC[C@H]1CCC[C@H]1C(=O)NCc1ccccc1CN1CCCC1=O. The maximum absolute atomic E-state index is 12.5. The Morgan fingerprint density at radius 1 is 1.20 bits per heavy atom. The standard InChI is InChI=1S/C19H27N3O2.ClH/c20-11-14-7-3-8-17(14)19(24)21-12-15-5-1-2-6-16(15)13-22-10-4-9-18(22)23;/h1-2,5-6,14,17H,3-4,7-13,20H2,(H,21,24);1H/t14-,17-;/m1./s1. The molecule has 1 aromatic rings. The third kappa shape index (κ3) is 4.73. The van der Waals surface area contributed by atoms with Gasteiger partial charge in [0.2, 0.25) is 11.8 Å². The summed E-state index contributed by atoms with van der Waals surface area (Å²) in [5.41, 5.74) is 7.99. The fourth-order valence-electron chi connectivity index (χ4n) is 3.94. The first-order valence-electron chi connectivity index (χ1n) is 9.01. The van der Waals surface area contributed by atoms with Crippen LogP contribution in [0.4, 0.5) is 0 Å². The fraction of sp³-hybridized carbons (Fsp3) is 0.579. The van der Waals surface area contributed by atoms with E-state index in [2.05, 4.69) is 5.32 Å². The number of benzene rings is 1. The fourth-order valence-corrected chi connectivity index (χ4v) is 3.94. The Morgan fingerprint density at radius 3 is 2.64 bits per heavy atom. The maximum Gasteiger partial charge on any atom is 0.223 e. The van der Waals surface area contributed by atoms with Crippen LogP contribution in [0.3, 0.4) is 0 Å². The molecule has 1 aliphatic heterocycles. The number of carbonyl (C=O) groups excluding carboxylic acids is 2. The van der Waals surface area contributed by atoms with Crippen LogP contribution in [0.2, 0.25) is 0 Å². The van der Waals surface area contributed by atoms with E-state index in [0.29, 0.717) is 32.0 Å². The zero-order valence-corrected chi connectivity index (χ0v) is 15.4. The second-order valence-corrected chi connectivity index (χ2v) is 6.94. The van der Waals surface area contributed by atoms with E-state index in [0.717, 1.165) is 43.4 Å². The third-order valence-corrected chi connectivity index (χ3v) is 5.40. The Balaban J connectivity index is 0.00000225. The van der Waals surface area contributed by atoms with Crippen molar-refractivity contribution in [1.29, 1.82) is 0 Å². The molecule has 1 aliphatic carbocycles. The van der Waals surface area contributed by atoms with E-state index < -0.39 is 0 Å². The molecule has 3 rings (SSSR count). The van der Waals surface area contributed by atoms with Crippen LogP contribution in [0.1, 0.15) is 43.2 Å². The topological polar surface area (TPSA) is 75.4 Å². The van der Waals surface area contributed by atoms with Crippen molar-refractivity contribution in [3.8, 4) is 0 Å². The number of hydrogen-bond donors (Lipinski definition) is 2. The Morgan fingerprint density at radius 2 is 1.96 bits per heavy atom. The molecular weight excluding hydrogens is 338 g/mol. The summed E-state index contributed by atoms with van der Waals surface area (Å²) in [5, 5.41) is 3.08. The molecule has 0 radical (unpaired) electrons. The van der Waals surface area contributed by atoms with Gasteiger partial charge in [0.1, 0.15) is 0 Å². The third-order valence-electron chi connectivity index (χ3n) is 5.40. The van der Waals surface area contributed by atoms with E-state index in [1.54, 1.807) is 0 Å². The molecule has 1 saturated carbocycles. The predicted octanol–water partition coefficient (Wildman–Crippen LogP) is 2.22. The van der Waals surface area contributed by atoms with E-state index in [4.69, 9.17) is 5.73 Å². The van der Waals surface area contributed by atoms with Crippen molar-refractivity contribution < 1.29 is 9.59 Å². The van der Waals surface area contributed by atoms with Crippen molar-refractivity contribution in [1.82, 2.24) is 10.2 Å². The second-order valence-electron chi connectivity index (χ2n) is 6.94. The van der Waals surface area contributed by atoms with Gasteiger partial charge in [0.05, 0.1) is 0 Å². The summed E-state index contributed by atoms with van der Waals surface area (Å²) in [6, 6.07) is 8.05. The van der Waals surface area contributed by atoms with Crippen LogP contribution >= 0.6 is 12.4 Å². The van der Waals surface area contributed by atoms with Gasteiger partial charge in [0, 0.05) is 32.0 Å². The monoisotopic (exact) mass is 365 g/mol. The van der Waals surface area contributed by atoms with Gasteiger partial charge in [-0.2, -0.15) is 0 Å². The lowest BCUT2D eigenvalue weighted by molar-refractivity contribution is -0.128. The van der Waals surface area contributed by atoms with Crippen molar-refractivity contribution in [3.05, 3.63) is 35.4 Å². The quantitative estimate of drug-likeness (QED) is 0.811. The summed E-state index contributed by atoms with van der Waals surface area (Å²) in [6.45, 7) is 2.58. The summed E-state index contributed by atoms with van der Waals surface area (Å²) in [4.78, 5) is 26.2. The molecule has 1 aromatic carbocycles. The van der Waals surface area contributed by atoms with Gasteiger partial charge in [-0.05, 0) is 42.9 Å². The van der Waals surface area contributed by atoms with Gasteiger partial charge in [-0.25, -0.2) is 0 Å². The number of nitrogens with zero attached hydrogens (tertiary/aromatic N) is 1. The van der Waals surface area contributed by atoms with Gasteiger partial charge >= 0.3 is 0 Å². The van der Waals surface area contributed by atoms with Gasteiger partial charge in [-0.1, -0.05) is 30.7 Å². The van der Waals surface area contributed by atoms with Gasteiger partial charge in [-0.15, -0.1) is 12.4 Å². The number of carbonyl (C=O) groups is 2. The molecule has 0 aromatic heterocycles. The van der Waals surface area contributed by atoms with Crippen molar-refractivity contribution in [2.24, 2.45) is 17.6 Å². The molecule has 1 heterocycles. The van der Waals surface area contributed by atoms with Crippen molar-refractivity contribution in [3.63, 3.8) is 0 Å². The second kappa shape index (κ2) is 9.20. The first-order valence-corrected chi connectivity index (χ1v) is 9.01. The number of nitrogens with two attached hydrogens (primary N) is 1. The molecule has 138 valence electrons. The highest BCUT2D eigenvalue weighted by Crippen LogP contribution is 2.31. The molecule has 0 spiro atoms. The van der Waals surface area contributed by atoms with Crippen LogP contribution in [-0.2, 0) is 22.7 Å². The molecule has 25 heavy (non-hydrogen) atoms. The zero-order chi connectivity index (χ0) is 16.9. The van der Waals surface area contributed by atoms with Crippen LogP contribution in [-0.4, -0.2) is 29.8 Å². The molecule has 2 atom stereocenters. The molecule has 1 saturated heterocycles. The van der Waals surface area contributed by atoms with Crippen LogP contribution in [0, 0.1) is 11.8 Å². The average Bonchev–Trinajstić information content (AvgIpc) is 3.23. The predicted molar refractivity (Wildman–Crippen MR) is 100 cm³/mol. The number of halogens is 1. The van der Waals surface area contributed by atoms with E-state index in [-0.39, 0.29) is 30.1 Å². The number of amides is 2. The average molecular weight is 366 g/mol. The molecular formula is C19H28ClN3O2. The highest BCUT2D eigenvalue weighted by Gasteiger charge is 2.31. The Kier molecular flexibility index (Phi) is 7.26.